The van der Waals surface area contributed by atoms with E-state index in [1.54, 1.807) is 30.0 Å². The molecule has 4 bridgehead atoms. The van der Waals surface area contributed by atoms with Crippen molar-refractivity contribution in [3.63, 3.8) is 0 Å². The average molecular weight is 870 g/mol. The topological polar surface area (TPSA) is 77.2 Å². The zero-order valence-corrected chi connectivity index (χ0v) is 33.6. The number of nitrogens with one attached hydrogen (secondary N) is 1. The monoisotopic (exact) mass is 868 g/mol. The van der Waals surface area contributed by atoms with Crippen molar-refractivity contribution in [2.45, 2.75) is 82.0 Å². The number of pyridine rings is 1. The van der Waals surface area contributed by atoms with Gasteiger partial charge in [0, 0.05) is 82.9 Å². The molecular weight excluding hydrogens is 832 g/mol. The van der Waals surface area contributed by atoms with Crippen molar-refractivity contribution in [3.05, 3.63) is 92.5 Å². The predicted octanol–water partition coefficient (Wildman–Crippen LogP) is 10.8. The van der Waals surface area contributed by atoms with Crippen molar-refractivity contribution in [2.24, 2.45) is 17.8 Å². The van der Waals surface area contributed by atoms with Gasteiger partial charge in [0.1, 0.15) is 5.52 Å². The van der Waals surface area contributed by atoms with Gasteiger partial charge in [-0.2, -0.15) is 31.6 Å². The van der Waals surface area contributed by atoms with E-state index in [1.165, 1.54) is 0 Å². The molecular formula is C44H37Cl2F7N6O. The second kappa shape index (κ2) is 14.0. The van der Waals surface area contributed by atoms with Crippen LogP contribution < -0.4 is 10.2 Å². The van der Waals surface area contributed by atoms with Gasteiger partial charge in [-0.3, -0.25) is 4.79 Å². The Hall–Kier alpha value is -4.58. The first-order valence-electron chi connectivity index (χ1n) is 20.1. The Bertz CT molecular complexity index is 2620. The molecule has 6 heterocycles. The third kappa shape index (κ3) is 6.24. The number of rotatable bonds is 7. The molecule has 3 aromatic carbocycles. The molecule has 4 saturated heterocycles. The van der Waals surface area contributed by atoms with Crippen LogP contribution in [0.5, 0.6) is 0 Å². The molecule has 2 aromatic heterocycles. The number of piperidine rings is 1. The molecule has 1 amide bonds. The largest absolute Gasteiger partial charge is 0.416 e. The Morgan fingerprint density at radius 3 is 2.33 bits per heavy atom. The van der Waals surface area contributed by atoms with Crippen LogP contribution in [0.4, 0.5) is 36.4 Å². The van der Waals surface area contributed by atoms with E-state index < -0.39 is 41.4 Å². The lowest BCUT2D eigenvalue weighted by atomic mass is 9.79. The third-order valence-corrected chi connectivity index (χ3v) is 14.3. The molecule has 5 aromatic rings. The van der Waals surface area contributed by atoms with Crippen LogP contribution >= 0.6 is 23.2 Å². The van der Waals surface area contributed by atoms with Crippen LogP contribution in [-0.4, -0.2) is 52.1 Å². The van der Waals surface area contributed by atoms with Crippen molar-refractivity contribution < 1.29 is 35.5 Å². The molecule has 2 saturated carbocycles. The number of amides is 1. The highest BCUT2D eigenvalue weighted by molar-refractivity contribution is 6.43. The van der Waals surface area contributed by atoms with Gasteiger partial charge in [0.25, 0.3) is 0 Å². The summed E-state index contributed by atoms with van der Waals surface area (Å²) in [7, 11) is 0. The Morgan fingerprint density at radius 2 is 1.70 bits per heavy atom. The molecule has 312 valence electrons. The smallest absolute Gasteiger partial charge is 0.369 e. The van der Waals surface area contributed by atoms with Crippen molar-refractivity contribution in [1.82, 2.24) is 19.8 Å². The van der Waals surface area contributed by atoms with Gasteiger partial charge in [0.2, 0.25) is 5.91 Å². The fourth-order valence-corrected chi connectivity index (χ4v) is 11.0. The van der Waals surface area contributed by atoms with Crippen LogP contribution in [0.25, 0.3) is 32.9 Å². The number of nitriles is 1. The van der Waals surface area contributed by atoms with Gasteiger partial charge in [0.15, 0.2) is 5.82 Å². The highest BCUT2D eigenvalue weighted by Crippen LogP contribution is 2.54. The van der Waals surface area contributed by atoms with E-state index >= 15 is 4.39 Å². The number of aromatic nitrogens is 2. The normalized spacial score (nSPS) is 25.0. The highest BCUT2D eigenvalue weighted by atomic mass is 35.5. The van der Waals surface area contributed by atoms with Crippen molar-refractivity contribution in [1.29, 1.82) is 5.26 Å². The minimum atomic E-state index is -5.01. The first-order valence-corrected chi connectivity index (χ1v) is 20.9. The summed E-state index contributed by atoms with van der Waals surface area (Å²) < 4.78 is 104. The molecule has 4 aliphatic heterocycles. The van der Waals surface area contributed by atoms with Gasteiger partial charge in [-0.05, 0) is 86.9 Å². The van der Waals surface area contributed by atoms with E-state index in [0.717, 1.165) is 41.7 Å². The molecule has 0 radical (unpaired) electrons. The minimum absolute atomic E-state index is 0.0619. The summed E-state index contributed by atoms with van der Waals surface area (Å²) in [5, 5.41) is 14.9. The summed E-state index contributed by atoms with van der Waals surface area (Å²) >= 11 is 13.1. The molecule has 11 rings (SSSR count). The molecule has 6 atom stereocenters. The van der Waals surface area contributed by atoms with E-state index in [4.69, 9.17) is 28.2 Å². The second-order valence-electron chi connectivity index (χ2n) is 17.1. The molecule has 60 heavy (non-hydrogen) atoms. The summed E-state index contributed by atoms with van der Waals surface area (Å²) in [4.78, 5) is 22.7. The number of carbonyl (C=O) groups excluding carboxylic acids is 1. The maximum absolute atomic E-state index is 17.3. The molecule has 6 fully saturated rings. The van der Waals surface area contributed by atoms with Gasteiger partial charge in [-0.1, -0.05) is 35.3 Å². The van der Waals surface area contributed by atoms with Crippen LogP contribution in [-0.2, 0) is 23.6 Å². The molecule has 1 N–H and O–H groups in total. The van der Waals surface area contributed by atoms with Gasteiger partial charge >= 0.3 is 12.4 Å². The fourth-order valence-electron chi connectivity index (χ4n) is 10.6. The van der Waals surface area contributed by atoms with Crippen LogP contribution in [0.15, 0.2) is 48.5 Å². The lowest BCUT2D eigenvalue weighted by Crippen LogP contribution is -2.45. The average Bonchev–Trinajstić information content (AvgIpc) is 3.48. The van der Waals surface area contributed by atoms with Crippen molar-refractivity contribution in [3.8, 4) is 17.2 Å². The zero-order chi connectivity index (χ0) is 42.2. The van der Waals surface area contributed by atoms with E-state index in [9.17, 15) is 36.4 Å². The molecule has 0 unspecified atom stereocenters. The van der Waals surface area contributed by atoms with E-state index in [0.29, 0.717) is 41.5 Å². The third-order valence-electron chi connectivity index (χ3n) is 13.5. The Balaban J connectivity index is 1.18. The molecule has 6 aliphatic rings. The number of nitrogens with zero attached hydrogens (tertiary/aromatic N) is 5. The molecule has 7 nitrogen and oxygen atoms in total. The Kier molecular flexibility index (Phi) is 9.21. The van der Waals surface area contributed by atoms with Gasteiger partial charge < -0.3 is 19.7 Å². The lowest BCUT2D eigenvalue weighted by molar-refractivity contribution is -0.143. The molecule has 0 spiro atoms. The summed E-state index contributed by atoms with van der Waals surface area (Å²) in [5.74, 6) is -1.05. The predicted molar refractivity (Wildman–Crippen MR) is 213 cm³/mol. The number of benzene rings is 3. The van der Waals surface area contributed by atoms with Gasteiger partial charge in [-0.15, -0.1) is 0 Å². The van der Waals surface area contributed by atoms with Crippen LogP contribution in [0.2, 0.25) is 10.0 Å². The SMILES string of the molecule is Cc1nc2c(F)c(-c3cccc(Cl)c3Cl)c(CCC#N)cc2c2c1cc([C@H]1[C@H]3C[C@H](CN(c4cc(C(F)(F)F)cc(C(F)(F)F)c4)C3)N1C(=O)C1CC1)n2[C@H]1[C@H]2CN[C@@H]1C2. The molecule has 2 aliphatic carbocycles. The molecule has 16 heteroatoms. The maximum Gasteiger partial charge on any atom is 0.416 e. The highest BCUT2D eigenvalue weighted by Gasteiger charge is 2.55. The summed E-state index contributed by atoms with van der Waals surface area (Å²) in [5.41, 5.74) is 0.281. The summed E-state index contributed by atoms with van der Waals surface area (Å²) in [6.45, 7) is 2.72. The van der Waals surface area contributed by atoms with E-state index in [2.05, 4.69) is 16.0 Å². The number of hydrogen-bond donors (Lipinski definition) is 1. The number of anilines is 1. The van der Waals surface area contributed by atoms with Crippen LogP contribution in [0, 0.1) is 41.8 Å². The van der Waals surface area contributed by atoms with E-state index in [-0.39, 0.29) is 94.6 Å². The quantitative estimate of drug-likeness (QED) is 0.165. The number of aryl methyl sites for hydroxylation is 2. The fraction of sp³-hybridized carbons (Fsp3) is 0.432. The standard InChI is InChI=1S/C44H37Cl2F7N6O/c1-20-30-16-34(40-24-10-28(58(40)42(60)21-7-8-21)19-57(18-24)27-14-25(43(48,49)50)13-26(15-27)44(51,52)53)59(39-23-12-33(39)55-17-23)41(30)31-11-22(4-3-9-54)35(37(47)38(31)56-20)29-5-2-6-32(45)36(29)46/h2,5-6,11,13-16,21,23-24,28,33,39-40,55H,3-4,7-8,10,12,17-19H2,1H3/t23-,24+,28-,33-,39+,40-/m1/s1. The number of carbonyl (C=O) groups is 1. The van der Waals surface area contributed by atoms with Gasteiger partial charge in [0.05, 0.1) is 50.9 Å². The Morgan fingerprint density at radius 1 is 0.967 bits per heavy atom. The number of hydrogen-bond acceptors (Lipinski definition) is 5. The number of alkyl halides is 6. The summed E-state index contributed by atoms with van der Waals surface area (Å²) in [6, 6.07) is 11.6. The summed E-state index contributed by atoms with van der Waals surface area (Å²) in [6.07, 6.45) is -6.90. The van der Waals surface area contributed by atoms with Crippen molar-refractivity contribution >= 4 is 56.6 Å². The maximum atomic E-state index is 17.3. The van der Waals surface area contributed by atoms with Crippen LogP contribution in [0.1, 0.15) is 72.3 Å². The second-order valence-corrected chi connectivity index (χ2v) is 17.8. The van der Waals surface area contributed by atoms with Gasteiger partial charge in [-0.25, -0.2) is 9.37 Å². The van der Waals surface area contributed by atoms with Crippen LogP contribution in [0.3, 0.4) is 0 Å². The first-order chi connectivity index (χ1) is 28.5. The zero-order valence-electron chi connectivity index (χ0n) is 32.1. The van der Waals surface area contributed by atoms with E-state index in [1.807, 2.05) is 17.0 Å². The minimum Gasteiger partial charge on any atom is -0.369 e. The number of halogens is 9. The lowest BCUT2D eigenvalue weighted by Gasteiger charge is -2.40. The Labute approximate surface area is 350 Å². The number of fused-ring (bicyclic) bond motifs is 6. The van der Waals surface area contributed by atoms with Crippen molar-refractivity contribution in [2.75, 3.05) is 24.5 Å². The first kappa shape index (κ1) is 39.5. The number of likely N-dealkylation sites (tertiary alicyclic amines) is 1.